The van der Waals surface area contributed by atoms with Crippen molar-refractivity contribution in [1.29, 1.82) is 0 Å². The zero-order valence-electron chi connectivity index (χ0n) is 7.06. The Bertz CT molecular complexity index is 477. The molecule has 0 saturated heterocycles. The predicted octanol–water partition coefficient (Wildman–Crippen LogP) is -0.356. The number of aryl methyl sites for hydroxylation is 1. The number of hydrogen-bond donors (Lipinski definition) is 0. The Labute approximate surface area is 76.0 Å². The molecule has 0 aliphatic carbocycles. The number of pyridine rings is 1. The quantitative estimate of drug-likeness (QED) is 0.435. The summed E-state index contributed by atoms with van der Waals surface area (Å²) in [6, 6.07) is 1.58. The highest BCUT2D eigenvalue weighted by Gasteiger charge is 2.03. The third-order valence-electron chi connectivity index (χ3n) is 1.72. The van der Waals surface area contributed by atoms with Gasteiger partial charge in [-0.1, -0.05) is 11.5 Å². The monoisotopic (exact) mass is 171 g/mol. The topological polar surface area (TPSA) is 47.3 Å². The van der Waals surface area contributed by atoms with E-state index in [9.17, 15) is 4.79 Å². The molecule has 4 nitrogen and oxygen atoms in total. The molecule has 0 unspecified atom stereocenters. The molecular weight excluding hydrogens is 165 g/mol. The van der Waals surface area contributed by atoms with Crippen LogP contribution in [0.25, 0.3) is 5.65 Å². The van der Waals surface area contributed by atoms with Gasteiger partial charge in [-0.15, -0.1) is 0 Å². The van der Waals surface area contributed by atoms with E-state index >= 15 is 0 Å². The number of hydrogen-bond acceptors (Lipinski definition) is 3. The van der Waals surface area contributed by atoms with Gasteiger partial charge in [0.05, 0.1) is 0 Å². The van der Waals surface area contributed by atoms with Crippen molar-refractivity contribution in [3.63, 3.8) is 0 Å². The molecule has 0 fully saturated rings. The van der Waals surface area contributed by atoms with Gasteiger partial charge in [0.15, 0.2) is 6.29 Å². The SMILES string of the molecule is [B]c1cc(C=O)cn2nc(C)nc12. The molecule has 62 valence electrons. The van der Waals surface area contributed by atoms with Crippen LogP contribution in [0.3, 0.4) is 0 Å². The number of aromatic nitrogens is 3. The Morgan fingerprint density at radius 3 is 3.08 bits per heavy atom. The first-order valence-corrected chi connectivity index (χ1v) is 3.78. The van der Waals surface area contributed by atoms with Crippen LogP contribution in [0.2, 0.25) is 0 Å². The van der Waals surface area contributed by atoms with Crippen LogP contribution in [0.4, 0.5) is 0 Å². The van der Waals surface area contributed by atoms with Crippen molar-refractivity contribution in [2.24, 2.45) is 0 Å². The number of rotatable bonds is 1. The van der Waals surface area contributed by atoms with E-state index < -0.39 is 0 Å². The molecule has 0 aliphatic rings. The van der Waals surface area contributed by atoms with Gasteiger partial charge in [-0.2, -0.15) is 5.10 Å². The summed E-state index contributed by atoms with van der Waals surface area (Å²) >= 11 is 0. The lowest BCUT2D eigenvalue weighted by Gasteiger charge is -1.97. The molecule has 2 heterocycles. The van der Waals surface area contributed by atoms with Crippen molar-refractivity contribution in [2.45, 2.75) is 6.92 Å². The molecule has 0 saturated carbocycles. The highest BCUT2D eigenvalue weighted by molar-refractivity contribution is 6.36. The molecule has 0 bridgehead atoms. The van der Waals surface area contributed by atoms with Crippen LogP contribution in [-0.2, 0) is 0 Å². The summed E-state index contributed by atoms with van der Waals surface area (Å²) < 4.78 is 1.51. The normalized spacial score (nSPS) is 10.5. The van der Waals surface area contributed by atoms with Crippen LogP contribution in [0.15, 0.2) is 12.3 Å². The van der Waals surface area contributed by atoms with Gasteiger partial charge >= 0.3 is 0 Å². The third-order valence-corrected chi connectivity index (χ3v) is 1.72. The average Bonchev–Trinajstić information content (AvgIpc) is 2.46. The third kappa shape index (κ3) is 1.22. The van der Waals surface area contributed by atoms with Crippen molar-refractivity contribution >= 4 is 25.2 Å². The second kappa shape index (κ2) is 2.69. The predicted molar refractivity (Wildman–Crippen MR) is 48.5 cm³/mol. The van der Waals surface area contributed by atoms with E-state index in [1.54, 1.807) is 19.2 Å². The van der Waals surface area contributed by atoms with Crippen LogP contribution in [-0.4, -0.2) is 28.7 Å². The van der Waals surface area contributed by atoms with Crippen molar-refractivity contribution in [2.75, 3.05) is 0 Å². The molecule has 5 heteroatoms. The van der Waals surface area contributed by atoms with E-state index in [0.29, 0.717) is 22.5 Å². The zero-order chi connectivity index (χ0) is 9.42. The summed E-state index contributed by atoms with van der Waals surface area (Å²) in [5, 5.41) is 4.05. The molecule has 0 spiro atoms. The van der Waals surface area contributed by atoms with E-state index in [-0.39, 0.29) is 0 Å². The van der Waals surface area contributed by atoms with Crippen LogP contribution in [0.1, 0.15) is 16.2 Å². The Hall–Kier alpha value is -1.65. The maximum Gasteiger partial charge on any atom is 0.151 e. The molecule has 13 heavy (non-hydrogen) atoms. The zero-order valence-corrected chi connectivity index (χ0v) is 7.06. The Morgan fingerprint density at radius 1 is 1.62 bits per heavy atom. The van der Waals surface area contributed by atoms with Crippen molar-refractivity contribution in [1.82, 2.24) is 14.6 Å². The maximum atomic E-state index is 10.5. The summed E-state index contributed by atoms with van der Waals surface area (Å²) in [5.41, 5.74) is 1.54. The minimum atomic E-state index is 0.463. The van der Waals surface area contributed by atoms with Gasteiger partial charge < -0.3 is 0 Å². The van der Waals surface area contributed by atoms with Gasteiger partial charge in [0, 0.05) is 11.8 Å². The Kier molecular flexibility index (Phi) is 1.65. The lowest BCUT2D eigenvalue weighted by molar-refractivity contribution is 0.112. The fourth-order valence-corrected chi connectivity index (χ4v) is 1.20. The number of carbonyl (C=O) groups is 1. The summed E-state index contributed by atoms with van der Waals surface area (Å²) in [6.07, 6.45) is 2.32. The molecule has 0 amide bonds. The minimum Gasteiger partial charge on any atom is -0.298 e. The lowest BCUT2D eigenvalue weighted by Crippen LogP contribution is -2.09. The average molecular weight is 171 g/mol. The fourth-order valence-electron chi connectivity index (χ4n) is 1.20. The maximum absolute atomic E-state index is 10.5. The second-order valence-corrected chi connectivity index (χ2v) is 2.77. The Morgan fingerprint density at radius 2 is 2.38 bits per heavy atom. The van der Waals surface area contributed by atoms with Gasteiger partial charge in [0.1, 0.15) is 19.3 Å². The van der Waals surface area contributed by atoms with Crippen molar-refractivity contribution in [3.8, 4) is 0 Å². The molecule has 0 aromatic carbocycles. The number of nitrogens with zero attached hydrogens (tertiary/aromatic N) is 3. The lowest BCUT2D eigenvalue weighted by atomic mass is 9.96. The van der Waals surface area contributed by atoms with Gasteiger partial charge in [-0.05, 0) is 6.92 Å². The van der Waals surface area contributed by atoms with Crippen LogP contribution in [0.5, 0.6) is 0 Å². The molecular formula is C8H6BN3O. The molecule has 2 radical (unpaired) electrons. The summed E-state index contributed by atoms with van der Waals surface area (Å²) in [5.74, 6) is 0.634. The molecule has 0 atom stereocenters. The largest absolute Gasteiger partial charge is 0.298 e. The van der Waals surface area contributed by atoms with Crippen LogP contribution >= 0.6 is 0 Å². The standard InChI is InChI=1S/C8H6BN3O/c1-5-10-8-7(9)2-6(4-13)3-12(8)11-5/h2-4H,1H3. The molecule has 2 aromatic heterocycles. The van der Waals surface area contributed by atoms with E-state index in [0.717, 1.165) is 6.29 Å². The summed E-state index contributed by atoms with van der Waals surface area (Å²) in [6.45, 7) is 1.77. The first-order chi connectivity index (χ1) is 6.20. The molecule has 0 N–H and O–H groups in total. The molecule has 2 rings (SSSR count). The summed E-state index contributed by atoms with van der Waals surface area (Å²) in [7, 11) is 5.66. The number of aldehydes is 1. The second-order valence-electron chi connectivity index (χ2n) is 2.77. The highest BCUT2D eigenvalue weighted by Crippen LogP contribution is 1.99. The van der Waals surface area contributed by atoms with Gasteiger partial charge in [0.2, 0.25) is 0 Å². The Balaban J connectivity index is 2.82. The highest BCUT2D eigenvalue weighted by atomic mass is 16.1. The smallest absolute Gasteiger partial charge is 0.151 e. The summed E-state index contributed by atoms with van der Waals surface area (Å²) in [4.78, 5) is 14.6. The van der Waals surface area contributed by atoms with E-state index in [1.807, 2.05) is 0 Å². The van der Waals surface area contributed by atoms with Gasteiger partial charge in [-0.25, -0.2) is 9.50 Å². The van der Waals surface area contributed by atoms with E-state index in [4.69, 9.17) is 7.85 Å². The van der Waals surface area contributed by atoms with Crippen LogP contribution in [0, 0.1) is 6.92 Å². The minimum absolute atomic E-state index is 0.463. The van der Waals surface area contributed by atoms with Crippen LogP contribution < -0.4 is 5.46 Å². The van der Waals surface area contributed by atoms with Crippen molar-refractivity contribution in [3.05, 3.63) is 23.7 Å². The van der Waals surface area contributed by atoms with Crippen molar-refractivity contribution < 1.29 is 4.79 Å². The number of fused-ring (bicyclic) bond motifs is 1. The molecule has 2 aromatic rings. The molecule has 0 aliphatic heterocycles. The first-order valence-electron chi connectivity index (χ1n) is 3.78. The fraction of sp³-hybridized carbons (Fsp3) is 0.125. The van der Waals surface area contributed by atoms with E-state index in [2.05, 4.69) is 10.1 Å². The van der Waals surface area contributed by atoms with E-state index in [1.165, 1.54) is 4.52 Å². The number of carbonyl (C=O) groups excluding carboxylic acids is 1. The van der Waals surface area contributed by atoms with Gasteiger partial charge in [-0.3, -0.25) is 4.79 Å². The van der Waals surface area contributed by atoms with Gasteiger partial charge in [0.25, 0.3) is 0 Å². The first kappa shape index (κ1) is 7.98.